The maximum atomic E-state index is 10.6. The second-order valence-corrected chi connectivity index (χ2v) is 6.84. The number of pyridine rings is 1. The molecule has 0 aliphatic carbocycles. The molecule has 128 valence electrons. The normalized spacial score (nSPS) is 10.8. The molecule has 1 N–H and O–H groups in total. The highest BCUT2D eigenvalue weighted by atomic mass is 79.9. The van der Waals surface area contributed by atoms with Crippen LogP contribution in [0.25, 0.3) is 21.9 Å². The predicted octanol–water partition coefficient (Wildman–Crippen LogP) is 5.86. The van der Waals surface area contributed by atoms with E-state index in [9.17, 15) is 5.11 Å². The van der Waals surface area contributed by atoms with Gasteiger partial charge in [-0.05, 0) is 57.8 Å². The molecule has 3 nitrogen and oxygen atoms in total. The zero-order valence-corrected chi connectivity index (χ0v) is 16.2. The molecule has 0 aliphatic rings. The summed E-state index contributed by atoms with van der Waals surface area (Å²) in [6.07, 6.45) is 1.93. The Morgan fingerprint density at radius 2 is 1.88 bits per heavy atom. The molecule has 0 spiro atoms. The first kappa shape index (κ1) is 17.8. The van der Waals surface area contributed by atoms with Gasteiger partial charge in [0.15, 0.2) is 11.4 Å². The number of rotatable bonds is 5. The van der Waals surface area contributed by atoms with Gasteiger partial charge in [0.05, 0.1) is 6.61 Å². The van der Waals surface area contributed by atoms with Gasteiger partial charge in [0.2, 0.25) is 5.05 Å². The van der Waals surface area contributed by atoms with Crippen LogP contribution in [0.1, 0.15) is 25.5 Å². The molecule has 0 amide bonds. The summed E-state index contributed by atoms with van der Waals surface area (Å²) in [5.41, 5.74) is 2.47. The molecule has 5 heteroatoms. The Morgan fingerprint density at radius 3 is 2.60 bits per heavy atom. The van der Waals surface area contributed by atoms with Crippen LogP contribution in [0.4, 0.5) is 0 Å². The van der Waals surface area contributed by atoms with E-state index in [1.54, 1.807) is 0 Å². The van der Waals surface area contributed by atoms with Gasteiger partial charge in [-0.3, -0.25) is 0 Å². The lowest BCUT2D eigenvalue weighted by Gasteiger charge is -2.12. The summed E-state index contributed by atoms with van der Waals surface area (Å²) in [5, 5.41) is 12.4. The van der Waals surface area contributed by atoms with Gasteiger partial charge in [0, 0.05) is 10.8 Å². The second kappa shape index (κ2) is 7.93. The van der Waals surface area contributed by atoms with Crippen molar-refractivity contribution in [1.29, 1.82) is 0 Å². The number of aromatic nitrogens is 1. The van der Waals surface area contributed by atoms with Gasteiger partial charge in [-0.2, -0.15) is 0 Å². The number of hydrogen-bond acceptors (Lipinski definition) is 4. The number of ether oxygens (including phenoxy) is 1. The summed E-state index contributed by atoms with van der Waals surface area (Å²) in [7, 11) is 0. The van der Waals surface area contributed by atoms with Crippen molar-refractivity contribution in [3.05, 3.63) is 58.8 Å². The van der Waals surface area contributed by atoms with E-state index in [0.29, 0.717) is 22.3 Å². The van der Waals surface area contributed by atoms with Gasteiger partial charge in [-0.15, -0.1) is 0 Å². The molecule has 0 atom stereocenters. The van der Waals surface area contributed by atoms with Crippen LogP contribution in [-0.4, -0.2) is 21.7 Å². The van der Waals surface area contributed by atoms with Crippen molar-refractivity contribution in [3.8, 4) is 16.9 Å². The van der Waals surface area contributed by atoms with Crippen LogP contribution >= 0.6 is 28.1 Å². The smallest absolute Gasteiger partial charge is 0.214 e. The number of aromatic hydroxyl groups is 1. The summed E-state index contributed by atoms with van der Waals surface area (Å²) in [5.74, 6) is 0.0549. The minimum atomic E-state index is 0.0549. The Bertz CT molecular complexity index is 912. The molecule has 1 heterocycles. The Morgan fingerprint density at radius 1 is 1.12 bits per heavy atom. The predicted molar refractivity (Wildman–Crippen MR) is 109 cm³/mol. The highest BCUT2D eigenvalue weighted by molar-refractivity contribution is 9.10. The van der Waals surface area contributed by atoms with E-state index < -0.39 is 0 Å². The molecule has 0 bridgehead atoms. The summed E-state index contributed by atoms with van der Waals surface area (Å²) >= 11 is 8.78. The van der Waals surface area contributed by atoms with Crippen molar-refractivity contribution in [1.82, 2.24) is 4.98 Å². The molecular formula is C20H18BrNO2S. The average Bonchev–Trinajstić information content (AvgIpc) is 2.65. The molecule has 2 aromatic carbocycles. The van der Waals surface area contributed by atoms with E-state index in [0.717, 1.165) is 29.4 Å². The highest BCUT2D eigenvalue weighted by Crippen LogP contribution is 2.35. The van der Waals surface area contributed by atoms with Crippen molar-refractivity contribution < 1.29 is 9.84 Å². The van der Waals surface area contributed by atoms with Crippen LogP contribution in [0.15, 0.2) is 53.1 Å². The third kappa shape index (κ3) is 3.83. The summed E-state index contributed by atoms with van der Waals surface area (Å²) in [6, 6.07) is 16.0. The van der Waals surface area contributed by atoms with E-state index in [2.05, 4.69) is 27.8 Å². The van der Waals surface area contributed by atoms with Gasteiger partial charge in [0.1, 0.15) is 4.60 Å². The van der Waals surface area contributed by atoms with Crippen molar-refractivity contribution in [2.45, 2.75) is 19.8 Å². The van der Waals surface area contributed by atoms with Crippen LogP contribution in [0.2, 0.25) is 0 Å². The van der Waals surface area contributed by atoms with E-state index in [1.165, 1.54) is 0 Å². The van der Waals surface area contributed by atoms with E-state index in [4.69, 9.17) is 17.0 Å². The fraction of sp³-hybridized carbons (Fsp3) is 0.200. The van der Waals surface area contributed by atoms with Crippen molar-refractivity contribution >= 4 is 44.0 Å². The summed E-state index contributed by atoms with van der Waals surface area (Å²) in [4.78, 5) is 4.41. The van der Waals surface area contributed by atoms with Crippen LogP contribution in [0.5, 0.6) is 5.75 Å². The molecule has 25 heavy (non-hydrogen) atoms. The Labute approximate surface area is 160 Å². The molecular weight excluding hydrogens is 398 g/mol. The Hall–Kier alpha value is -1.98. The lowest BCUT2D eigenvalue weighted by atomic mass is 10.0. The van der Waals surface area contributed by atoms with Crippen LogP contribution < -0.4 is 0 Å². The number of halogens is 1. The highest BCUT2D eigenvalue weighted by Gasteiger charge is 2.17. The van der Waals surface area contributed by atoms with Crippen molar-refractivity contribution in [3.63, 3.8) is 0 Å². The molecule has 0 unspecified atom stereocenters. The second-order valence-electron chi connectivity index (χ2n) is 5.72. The molecule has 1 aromatic heterocycles. The first-order chi connectivity index (χ1) is 12.1. The molecule has 3 aromatic rings. The number of thiocarbonyl (C=S) groups is 1. The Balaban J connectivity index is 2.02. The van der Waals surface area contributed by atoms with Gasteiger partial charge in [0.25, 0.3) is 0 Å². The van der Waals surface area contributed by atoms with E-state index >= 15 is 0 Å². The average molecular weight is 416 g/mol. The van der Waals surface area contributed by atoms with Crippen molar-refractivity contribution in [2.24, 2.45) is 0 Å². The van der Waals surface area contributed by atoms with E-state index in [1.807, 2.05) is 48.5 Å². The number of hydrogen-bond donors (Lipinski definition) is 1. The number of fused-ring (bicyclic) bond motifs is 1. The quantitative estimate of drug-likeness (QED) is 0.321. The van der Waals surface area contributed by atoms with Crippen LogP contribution in [0.3, 0.4) is 0 Å². The van der Waals surface area contributed by atoms with Gasteiger partial charge >= 0.3 is 0 Å². The first-order valence-electron chi connectivity index (χ1n) is 8.16. The lowest BCUT2D eigenvalue weighted by molar-refractivity contribution is 0.303. The first-order valence-corrected chi connectivity index (χ1v) is 9.36. The van der Waals surface area contributed by atoms with E-state index in [-0.39, 0.29) is 10.8 Å². The van der Waals surface area contributed by atoms with Gasteiger partial charge in [-0.1, -0.05) is 49.7 Å². The summed E-state index contributed by atoms with van der Waals surface area (Å²) in [6.45, 7) is 2.61. The minimum absolute atomic E-state index is 0.0549. The van der Waals surface area contributed by atoms with Crippen LogP contribution in [-0.2, 0) is 4.74 Å². The third-order valence-corrected chi connectivity index (χ3v) is 4.88. The lowest BCUT2D eigenvalue weighted by Crippen LogP contribution is -2.08. The largest absolute Gasteiger partial charge is 0.505 e. The number of nitrogens with zero attached hydrogens (tertiary/aromatic N) is 1. The Kier molecular flexibility index (Phi) is 5.66. The number of unbranched alkanes of at least 4 members (excludes halogenated alkanes) is 1. The zero-order chi connectivity index (χ0) is 17.8. The monoisotopic (exact) mass is 415 g/mol. The molecule has 0 fully saturated rings. The third-order valence-electron chi connectivity index (χ3n) is 3.96. The molecule has 3 rings (SSSR count). The molecule has 0 saturated carbocycles. The van der Waals surface area contributed by atoms with Crippen molar-refractivity contribution in [2.75, 3.05) is 6.61 Å². The summed E-state index contributed by atoms with van der Waals surface area (Å²) < 4.78 is 6.17. The zero-order valence-electron chi connectivity index (χ0n) is 13.8. The van der Waals surface area contributed by atoms with Gasteiger partial charge in [-0.25, -0.2) is 4.98 Å². The minimum Gasteiger partial charge on any atom is -0.505 e. The fourth-order valence-corrected chi connectivity index (χ4v) is 3.32. The maximum absolute atomic E-state index is 10.6. The molecule has 0 aliphatic heterocycles. The SMILES string of the molecule is CCCCOC(=S)c1nc(Br)c2cc(-c3ccccc3)ccc2c1O. The standard InChI is InChI=1S/C20H18BrNO2S/c1-2-3-11-24-20(25)17-18(23)15-10-9-14(12-16(15)19(21)22-17)13-7-5-4-6-8-13/h4-10,12,23H,2-3,11H2,1H3. The van der Waals surface area contributed by atoms with Gasteiger partial charge < -0.3 is 9.84 Å². The molecule has 0 saturated heterocycles. The molecule has 0 radical (unpaired) electrons. The topological polar surface area (TPSA) is 42.4 Å². The fourth-order valence-electron chi connectivity index (χ4n) is 2.59. The van der Waals surface area contributed by atoms with Crippen LogP contribution in [0, 0.1) is 0 Å². The number of benzene rings is 2. The maximum Gasteiger partial charge on any atom is 0.214 e.